The number of nitrogens with one attached hydrogen (secondary N) is 1. The zero-order valence-electron chi connectivity index (χ0n) is 15.8. The summed E-state index contributed by atoms with van der Waals surface area (Å²) in [6.45, 7) is 0.521. The zero-order valence-corrected chi connectivity index (χ0v) is 15.8. The lowest BCUT2D eigenvalue weighted by Crippen LogP contribution is -2.26. The van der Waals surface area contributed by atoms with Gasteiger partial charge in [-0.25, -0.2) is 9.18 Å². The summed E-state index contributed by atoms with van der Waals surface area (Å²) in [6, 6.07) is 20.5. The largest absolute Gasteiger partial charge is 0.449 e. The van der Waals surface area contributed by atoms with Crippen molar-refractivity contribution in [1.29, 1.82) is 0 Å². The molecule has 4 nitrogen and oxygen atoms in total. The van der Waals surface area contributed by atoms with Gasteiger partial charge >= 0.3 is 6.09 Å². The number of hydrogen-bond acceptors (Lipinski definition) is 3. The van der Waals surface area contributed by atoms with Crippen molar-refractivity contribution in [2.45, 2.75) is 5.92 Å². The van der Waals surface area contributed by atoms with E-state index in [1.807, 2.05) is 24.3 Å². The van der Waals surface area contributed by atoms with Crippen LogP contribution in [0.15, 0.2) is 72.8 Å². The van der Waals surface area contributed by atoms with E-state index in [1.165, 1.54) is 40.5 Å². The van der Waals surface area contributed by atoms with Crippen LogP contribution in [0.4, 0.5) is 14.9 Å². The molecule has 0 spiro atoms. The minimum Gasteiger partial charge on any atom is -0.449 e. The van der Waals surface area contributed by atoms with E-state index in [0.29, 0.717) is 11.3 Å². The molecule has 0 aromatic heterocycles. The number of fused-ring (bicyclic) bond motifs is 3. The maximum Gasteiger partial charge on any atom is 0.407 e. The molecule has 3 aromatic rings. The Morgan fingerprint density at radius 3 is 2.38 bits per heavy atom. The first kappa shape index (κ1) is 18.7. The van der Waals surface area contributed by atoms with Crippen molar-refractivity contribution in [3.05, 3.63) is 95.3 Å². The first-order chi connectivity index (χ1) is 14.1. The van der Waals surface area contributed by atoms with E-state index in [0.717, 1.165) is 0 Å². The summed E-state index contributed by atoms with van der Waals surface area (Å²) >= 11 is 0. The molecule has 0 saturated carbocycles. The molecule has 0 unspecified atom stereocenters. The SMILES string of the molecule is Nc1ccc(F)cc1C=CCNC(=O)OCC1c2ccccc2-c2ccccc21. The van der Waals surface area contributed by atoms with Crippen LogP contribution in [0.2, 0.25) is 0 Å². The molecular formula is C24H21FN2O2. The maximum absolute atomic E-state index is 13.3. The molecule has 1 aliphatic rings. The van der Waals surface area contributed by atoms with Crippen molar-refractivity contribution in [3.8, 4) is 11.1 Å². The monoisotopic (exact) mass is 388 g/mol. The highest BCUT2D eigenvalue weighted by molar-refractivity contribution is 5.79. The minimum absolute atomic E-state index is 0.0239. The number of halogens is 1. The number of nitrogen functional groups attached to an aromatic ring is 1. The standard InChI is InChI=1S/C24H21FN2O2/c25-17-11-12-23(26)16(14-17)6-5-13-27-24(28)29-15-22-20-9-3-1-7-18(20)19-8-2-4-10-21(19)22/h1-12,14,22H,13,15,26H2,(H,27,28). The molecular weight excluding hydrogens is 367 g/mol. The fraction of sp³-hybridized carbons (Fsp3) is 0.125. The number of ether oxygens (including phenoxy) is 1. The second-order valence-electron chi connectivity index (χ2n) is 6.88. The predicted molar refractivity (Wildman–Crippen MR) is 113 cm³/mol. The molecule has 146 valence electrons. The van der Waals surface area contributed by atoms with Gasteiger partial charge in [0.15, 0.2) is 0 Å². The predicted octanol–water partition coefficient (Wildman–Crippen LogP) is 4.96. The first-order valence-corrected chi connectivity index (χ1v) is 9.44. The molecule has 29 heavy (non-hydrogen) atoms. The number of benzene rings is 3. The fourth-order valence-corrected chi connectivity index (χ4v) is 3.67. The number of carbonyl (C=O) groups is 1. The molecule has 5 heteroatoms. The van der Waals surface area contributed by atoms with Crippen LogP contribution in [-0.2, 0) is 4.74 Å². The van der Waals surface area contributed by atoms with Gasteiger partial charge in [-0.3, -0.25) is 0 Å². The Morgan fingerprint density at radius 2 is 1.69 bits per heavy atom. The lowest BCUT2D eigenvalue weighted by atomic mass is 9.98. The lowest BCUT2D eigenvalue weighted by molar-refractivity contribution is 0.144. The Kier molecular flexibility index (Phi) is 5.29. The highest BCUT2D eigenvalue weighted by atomic mass is 19.1. The van der Waals surface area contributed by atoms with E-state index in [-0.39, 0.29) is 24.9 Å². The molecule has 0 radical (unpaired) electrons. The zero-order chi connectivity index (χ0) is 20.2. The van der Waals surface area contributed by atoms with E-state index in [1.54, 1.807) is 12.2 Å². The number of nitrogens with two attached hydrogens (primary N) is 1. The molecule has 0 fully saturated rings. The van der Waals surface area contributed by atoms with Gasteiger partial charge in [-0.1, -0.05) is 60.7 Å². The topological polar surface area (TPSA) is 64.3 Å². The number of alkyl carbamates (subject to hydrolysis) is 1. The average molecular weight is 388 g/mol. The van der Waals surface area contributed by atoms with Crippen molar-refractivity contribution < 1.29 is 13.9 Å². The van der Waals surface area contributed by atoms with Crippen molar-refractivity contribution in [3.63, 3.8) is 0 Å². The van der Waals surface area contributed by atoms with Crippen LogP contribution in [0.5, 0.6) is 0 Å². The summed E-state index contributed by atoms with van der Waals surface area (Å²) in [5, 5.41) is 2.68. The van der Waals surface area contributed by atoms with E-state index in [4.69, 9.17) is 10.5 Å². The molecule has 0 saturated heterocycles. The fourth-order valence-electron chi connectivity index (χ4n) is 3.67. The molecule has 0 aliphatic heterocycles. The maximum atomic E-state index is 13.3. The Hall–Kier alpha value is -3.60. The summed E-state index contributed by atoms with van der Waals surface area (Å²) in [7, 11) is 0. The molecule has 3 aromatic carbocycles. The van der Waals surface area contributed by atoms with E-state index < -0.39 is 6.09 Å². The number of anilines is 1. The molecule has 0 atom stereocenters. The van der Waals surface area contributed by atoms with Gasteiger partial charge in [0.25, 0.3) is 0 Å². The van der Waals surface area contributed by atoms with Crippen LogP contribution in [0.3, 0.4) is 0 Å². The number of amides is 1. The Labute approximate surface area is 168 Å². The molecule has 0 heterocycles. The van der Waals surface area contributed by atoms with E-state index in [2.05, 4.69) is 29.6 Å². The van der Waals surface area contributed by atoms with Crippen molar-refractivity contribution in [2.24, 2.45) is 0 Å². The minimum atomic E-state index is -0.497. The lowest BCUT2D eigenvalue weighted by Gasteiger charge is -2.14. The molecule has 1 amide bonds. The van der Waals surface area contributed by atoms with Gasteiger partial charge in [0, 0.05) is 23.7 Å². The first-order valence-electron chi connectivity index (χ1n) is 9.44. The Morgan fingerprint density at radius 1 is 1.03 bits per heavy atom. The van der Waals surface area contributed by atoms with Crippen molar-refractivity contribution in [2.75, 3.05) is 18.9 Å². The third-order valence-electron chi connectivity index (χ3n) is 5.05. The molecule has 0 bridgehead atoms. The number of hydrogen-bond donors (Lipinski definition) is 2. The van der Waals surface area contributed by atoms with Crippen LogP contribution < -0.4 is 11.1 Å². The van der Waals surface area contributed by atoms with Crippen molar-refractivity contribution >= 4 is 17.9 Å². The summed E-state index contributed by atoms with van der Waals surface area (Å²) in [6.07, 6.45) is 2.87. The van der Waals surface area contributed by atoms with Crippen molar-refractivity contribution in [1.82, 2.24) is 5.32 Å². The van der Waals surface area contributed by atoms with E-state index in [9.17, 15) is 9.18 Å². The second kappa shape index (κ2) is 8.19. The van der Waals surface area contributed by atoms with Gasteiger partial charge in [0.1, 0.15) is 12.4 Å². The number of carbonyl (C=O) groups excluding carboxylic acids is 1. The van der Waals surface area contributed by atoms with Crippen LogP contribution in [-0.4, -0.2) is 19.2 Å². The molecule has 4 rings (SSSR count). The average Bonchev–Trinajstić information content (AvgIpc) is 3.06. The highest BCUT2D eigenvalue weighted by Gasteiger charge is 2.28. The Bertz CT molecular complexity index is 1030. The summed E-state index contributed by atoms with van der Waals surface area (Å²) < 4.78 is 18.7. The summed E-state index contributed by atoms with van der Waals surface area (Å²) in [5.41, 5.74) is 11.6. The number of rotatable bonds is 5. The normalized spacial score (nSPS) is 12.6. The molecule has 3 N–H and O–H groups in total. The van der Waals surface area contributed by atoms with E-state index >= 15 is 0 Å². The Balaban J connectivity index is 1.34. The van der Waals surface area contributed by atoms with Gasteiger partial charge in [0.2, 0.25) is 0 Å². The summed E-state index contributed by atoms with van der Waals surface area (Å²) in [5.74, 6) is -0.334. The van der Waals surface area contributed by atoms with Crippen LogP contribution in [0, 0.1) is 5.82 Å². The van der Waals surface area contributed by atoms with Crippen LogP contribution in [0.1, 0.15) is 22.6 Å². The summed E-state index contributed by atoms with van der Waals surface area (Å²) in [4.78, 5) is 12.1. The third-order valence-corrected chi connectivity index (χ3v) is 5.05. The highest BCUT2D eigenvalue weighted by Crippen LogP contribution is 2.44. The van der Waals surface area contributed by atoms with Gasteiger partial charge in [-0.05, 0) is 40.5 Å². The molecule has 1 aliphatic carbocycles. The van der Waals surface area contributed by atoms with Gasteiger partial charge in [-0.15, -0.1) is 0 Å². The smallest absolute Gasteiger partial charge is 0.407 e. The van der Waals surface area contributed by atoms with Crippen LogP contribution in [0.25, 0.3) is 17.2 Å². The third kappa shape index (κ3) is 3.99. The van der Waals surface area contributed by atoms with Gasteiger partial charge < -0.3 is 15.8 Å². The van der Waals surface area contributed by atoms with Gasteiger partial charge in [-0.2, -0.15) is 0 Å². The quantitative estimate of drug-likeness (QED) is 0.607. The second-order valence-corrected chi connectivity index (χ2v) is 6.88. The van der Waals surface area contributed by atoms with Gasteiger partial charge in [0.05, 0.1) is 0 Å². The van der Waals surface area contributed by atoms with Crippen LogP contribution >= 0.6 is 0 Å².